The van der Waals surface area contributed by atoms with Crippen LogP contribution in [0.4, 0.5) is 0 Å². The molecule has 0 bridgehead atoms. The van der Waals surface area contributed by atoms with Crippen LogP contribution < -0.4 is 4.74 Å². The minimum atomic E-state index is -0.436. The van der Waals surface area contributed by atoms with Crippen LogP contribution in [0.3, 0.4) is 0 Å². The summed E-state index contributed by atoms with van der Waals surface area (Å²) in [5, 5.41) is 0.577. The third kappa shape index (κ3) is 3.69. The number of amides is 1. The summed E-state index contributed by atoms with van der Waals surface area (Å²) < 4.78 is 11.0. The fraction of sp³-hybridized carbons (Fsp3) is 0.238. The van der Waals surface area contributed by atoms with Gasteiger partial charge in [-0.05, 0) is 51.1 Å². The first-order valence-corrected chi connectivity index (χ1v) is 9.09. The van der Waals surface area contributed by atoms with Crippen molar-refractivity contribution >= 4 is 29.2 Å². The Morgan fingerprint density at radius 3 is 2.41 bits per heavy atom. The third-order valence-electron chi connectivity index (χ3n) is 4.10. The molecule has 0 radical (unpaired) electrons. The molecule has 1 aliphatic rings. The van der Waals surface area contributed by atoms with E-state index in [2.05, 4.69) is 0 Å². The Kier molecular flexibility index (Phi) is 5.51. The number of hydrogen-bond donors (Lipinski definition) is 0. The van der Waals surface area contributed by atoms with Crippen LogP contribution in [-0.2, 0) is 9.53 Å². The van der Waals surface area contributed by atoms with Crippen molar-refractivity contribution in [1.29, 1.82) is 0 Å². The van der Waals surface area contributed by atoms with Gasteiger partial charge in [0.05, 0.1) is 12.2 Å². The Morgan fingerprint density at radius 1 is 1.11 bits per heavy atom. The average molecular weight is 386 g/mol. The Balaban J connectivity index is 2.08. The minimum Gasteiger partial charge on any atom is -0.462 e. The molecule has 1 aliphatic heterocycles. The fourth-order valence-electron chi connectivity index (χ4n) is 2.90. The zero-order chi connectivity index (χ0) is 19.6. The Bertz CT molecular complexity index is 903. The van der Waals surface area contributed by atoms with E-state index < -0.39 is 5.97 Å². The van der Waals surface area contributed by atoms with Gasteiger partial charge in [0, 0.05) is 16.6 Å². The van der Waals surface area contributed by atoms with Crippen molar-refractivity contribution in [3.8, 4) is 5.75 Å². The van der Waals surface area contributed by atoms with Gasteiger partial charge in [-0.2, -0.15) is 0 Å². The number of nitrogens with zero attached hydrogens (tertiary/aromatic N) is 1. The number of esters is 1. The minimum absolute atomic E-state index is 0.0830. The van der Waals surface area contributed by atoms with Crippen LogP contribution in [0.25, 0.3) is 5.70 Å². The summed E-state index contributed by atoms with van der Waals surface area (Å²) in [6.45, 7) is 5.84. The summed E-state index contributed by atoms with van der Waals surface area (Å²) in [4.78, 5) is 26.6. The second kappa shape index (κ2) is 7.84. The van der Waals surface area contributed by atoms with Crippen molar-refractivity contribution in [2.45, 2.75) is 26.8 Å². The summed E-state index contributed by atoms with van der Waals surface area (Å²) >= 11 is 5.91. The molecule has 0 N–H and O–H groups in total. The van der Waals surface area contributed by atoms with E-state index in [9.17, 15) is 9.59 Å². The molecule has 2 aromatic carbocycles. The number of carbonyl (C=O) groups is 2. The van der Waals surface area contributed by atoms with E-state index in [0.717, 1.165) is 0 Å². The van der Waals surface area contributed by atoms with Crippen LogP contribution in [-0.4, -0.2) is 29.4 Å². The van der Waals surface area contributed by atoms with Gasteiger partial charge in [0.2, 0.25) is 5.76 Å². The first-order valence-electron chi connectivity index (χ1n) is 8.71. The van der Waals surface area contributed by atoms with Gasteiger partial charge in [-0.15, -0.1) is 0 Å². The lowest BCUT2D eigenvalue weighted by Gasteiger charge is -2.39. The highest BCUT2D eigenvalue weighted by molar-refractivity contribution is 6.30. The molecule has 27 heavy (non-hydrogen) atoms. The van der Waals surface area contributed by atoms with Crippen LogP contribution in [0.5, 0.6) is 5.75 Å². The lowest BCUT2D eigenvalue weighted by Crippen LogP contribution is -2.47. The van der Waals surface area contributed by atoms with Gasteiger partial charge in [-0.1, -0.05) is 29.8 Å². The maximum Gasteiger partial charge on any atom is 0.338 e. The summed E-state index contributed by atoms with van der Waals surface area (Å²) in [7, 11) is 0. The third-order valence-corrected chi connectivity index (χ3v) is 4.35. The molecule has 2 aromatic rings. The summed E-state index contributed by atoms with van der Waals surface area (Å²) in [6.07, 6.45) is 0. The molecule has 0 saturated heterocycles. The second-order valence-corrected chi connectivity index (χ2v) is 6.71. The van der Waals surface area contributed by atoms with Crippen molar-refractivity contribution in [3.63, 3.8) is 0 Å². The topological polar surface area (TPSA) is 55.8 Å². The smallest absolute Gasteiger partial charge is 0.338 e. The first kappa shape index (κ1) is 19.0. The Hall–Kier alpha value is -2.79. The molecule has 5 nitrogen and oxygen atoms in total. The number of benzene rings is 2. The SMILES string of the molecule is CCOC(=O)c1ccccc1C1=C(Oc2ccc(Cl)cc2)C(=O)N1C(C)C. The molecule has 140 valence electrons. The lowest BCUT2D eigenvalue weighted by atomic mass is 9.96. The number of rotatable bonds is 6. The van der Waals surface area contributed by atoms with Crippen molar-refractivity contribution in [2.24, 2.45) is 0 Å². The molecule has 0 fully saturated rings. The molecule has 0 spiro atoms. The van der Waals surface area contributed by atoms with E-state index >= 15 is 0 Å². The molecule has 0 unspecified atom stereocenters. The highest BCUT2D eigenvalue weighted by Gasteiger charge is 2.42. The molecule has 6 heteroatoms. The van der Waals surface area contributed by atoms with Crippen molar-refractivity contribution in [3.05, 3.63) is 70.4 Å². The van der Waals surface area contributed by atoms with Crippen LogP contribution in [0.2, 0.25) is 5.02 Å². The van der Waals surface area contributed by atoms with E-state index in [1.807, 2.05) is 19.9 Å². The number of hydrogen-bond acceptors (Lipinski definition) is 4. The van der Waals surface area contributed by atoms with E-state index in [1.165, 1.54) is 0 Å². The van der Waals surface area contributed by atoms with Gasteiger partial charge in [0.25, 0.3) is 5.91 Å². The highest BCUT2D eigenvalue weighted by Crippen LogP contribution is 2.38. The molecule has 3 rings (SSSR count). The predicted octanol–water partition coefficient (Wildman–Crippen LogP) is 4.51. The molecule has 0 aromatic heterocycles. The van der Waals surface area contributed by atoms with Gasteiger partial charge in [-0.25, -0.2) is 4.79 Å². The van der Waals surface area contributed by atoms with Crippen LogP contribution in [0.15, 0.2) is 54.3 Å². The molecule has 0 aliphatic carbocycles. The van der Waals surface area contributed by atoms with E-state index in [-0.39, 0.29) is 24.3 Å². The van der Waals surface area contributed by atoms with E-state index in [4.69, 9.17) is 21.1 Å². The molecular weight excluding hydrogens is 366 g/mol. The predicted molar refractivity (Wildman–Crippen MR) is 103 cm³/mol. The maximum atomic E-state index is 12.7. The maximum absolute atomic E-state index is 12.7. The van der Waals surface area contributed by atoms with E-state index in [0.29, 0.717) is 27.6 Å². The quantitative estimate of drug-likeness (QED) is 0.686. The monoisotopic (exact) mass is 385 g/mol. The largest absolute Gasteiger partial charge is 0.462 e. The summed E-state index contributed by atoms with van der Waals surface area (Å²) in [5.74, 6) is 0.0307. The van der Waals surface area contributed by atoms with Crippen molar-refractivity contribution in [1.82, 2.24) is 4.90 Å². The van der Waals surface area contributed by atoms with Gasteiger partial charge in [-0.3, -0.25) is 9.69 Å². The Labute approximate surface area is 163 Å². The second-order valence-electron chi connectivity index (χ2n) is 6.27. The van der Waals surface area contributed by atoms with Crippen molar-refractivity contribution < 1.29 is 19.1 Å². The van der Waals surface area contributed by atoms with Gasteiger partial charge < -0.3 is 9.47 Å². The highest BCUT2D eigenvalue weighted by atomic mass is 35.5. The zero-order valence-electron chi connectivity index (χ0n) is 15.4. The first-order chi connectivity index (χ1) is 12.9. The fourth-order valence-corrected chi connectivity index (χ4v) is 3.03. The zero-order valence-corrected chi connectivity index (χ0v) is 16.1. The number of halogens is 1. The van der Waals surface area contributed by atoms with Crippen LogP contribution >= 0.6 is 11.6 Å². The van der Waals surface area contributed by atoms with E-state index in [1.54, 1.807) is 54.3 Å². The van der Waals surface area contributed by atoms with Gasteiger partial charge in [0.15, 0.2) is 0 Å². The molecule has 1 amide bonds. The normalized spacial score (nSPS) is 13.7. The van der Waals surface area contributed by atoms with Crippen LogP contribution in [0.1, 0.15) is 36.7 Å². The molecule has 1 heterocycles. The number of ether oxygens (including phenoxy) is 2. The standard InChI is InChI=1S/C21H20ClNO4/c1-4-26-21(25)17-8-6-5-7-16(17)18-19(20(24)23(18)13(2)3)27-15-11-9-14(22)10-12-15/h5-13H,4H2,1-3H3. The lowest BCUT2D eigenvalue weighted by molar-refractivity contribution is -0.130. The van der Waals surface area contributed by atoms with Crippen molar-refractivity contribution in [2.75, 3.05) is 6.61 Å². The van der Waals surface area contributed by atoms with Gasteiger partial charge >= 0.3 is 5.97 Å². The van der Waals surface area contributed by atoms with Crippen LogP contribution in [0, 0.1) is 0 Å². The van der Waals surface area contributed by atoms with Gasteiger partial charge in [0.1, 0.15) is 11.4 Å². The summed E-state index contributed by atoms with van der Waals surface area (Å²) in [6, 6.07) is 13.7. The molecular formula is C21H20ClNO4. The summed E-state index contributed by atoms with van der Waals surface area (Å²) in [5.41, 5.74) is 1.58. The molecule has 0 saturated carbocycles. The Morgan fingerprint density at radius 2 is 1.78 bits per heavy atom. The average Bonchev–Trinajstić information content (AvgIpc) is 2.65. The molecule has 0 atom stereocenters. The number of carbonyl (C=O) groups excluding carboxylic acids is 2.